The number of aromatic nitrogens is 2. The first kappa shape index (κ1) is 11.7. The Morgan fingerprint density at radius 1 is 1.64 bits per heavy atom. The Labute approximate surface area is 95.8 Å². The van der Waals surface area contributed by atoms with E-state index in [9.17, 15) is 0 Å². The van der Waals surface area contributed by atoms with Gasteiger partial charge in [0.25, 0.3) is 0 Å². The quantitative estimate of drug-likeness (QED) is 0.829. The van der Waals surface area contributed by atoms with Gasteiger partial charge in [0.15, 0.2) is 0 Å². The first-order valence-corrected chi connectivity index (χ1v) is 5.35. The summed E-state index contributed by atoms with van der Waals surface area (Å²) >= 11 is 9.06. The second-order valence-electron chi connectivity index (χ2n) is 2.88. The standard InChI is InChI=1S/C8H11BrClN3O/c1-5(2-3-14)13-8-6(9)7(10)11-4-12-8/h4-5,14H,2-3H2,1H3,(H,11,12,13). The van der Waals surface area contributed by atoms with Gasteiger partial charge in [-0.05, 0) is 29.3 Å². The van der Waals surface area contributed by atoms with E-state index >= 15 is 0 Å². The van der Waals surface area contributed by atoms with E-state index in [4.69, 9.17) is 16.7 Å². The van der Waals surface area contributed by atoms with Crippen LogP contribution >= 0.6 is 27.5 Å². The number of anilines is 1. The lowest BCUT2D eigenvalue weighted by molar-refractivity contribution is 0.282. The number of hydrogen-bond acceptors (Lipinski definition) is 4. The summed E-state index contributed by atoms with van der Waals surface area (Å²) < 4.78 is 0.645. The lowest BCUT2D eigenvalue weighted by atomic mass is 10.2. The van der Waals surface area contributed by atoms with Gasteiger partial charge in [0.2, 0.25) is 0 Å². The van der Waals surface area contributed by atoms with Gasteiger partial charge in [-0.3, -0.25) is 0 Å². The van der Waals surface area contributed by atoms with Gasteiger partial charge in [-0.2, -0.15) is 0 Å². The summed E-state index contributed by atoms with van der Waals surface area (Å²) in [6.45, 7) is 2.10. The zero-order valence-electron chi connectivity index (χ0n) is 7.67. The molecule has 1 atom stereocenters. The Bertz CT molecular complexity index is 311. The second-order valence-corrected chi connectivity index (χ2v) is 4.04. The fourth-order valence-electron chi connectivity index (χ4n) is 0.948. The van der Waals surface area contributed by atoms with Gasteiger partial charge in [-0.1, -0.05) is 11.6 Å². The van der Waals surface area contributed by atoms with Crippen LogP contribution in [0, 0.1) is 0 Å². The van der Waals surface area contributed by atoms with Crippen molar-refractivity contribution in [1.29, 1.82) is 0 Å². The molecule has 0 saturated heterocycles. The fourth-order valence-corrected chi connectivity index (χ4v) is 1.40. The Kier molecular flexibility index (Phi) is 4.57. The van der Waals surface area contributed by atoms with Crippen molar-refractivity contribution in [2.24, 2.45) is 0 Å². The maximum Gasteiger partial charge on any atom is 0.148 e. The van der Waals surface area contributed by atoms with E-state index in [-0.39, 0.29) is 12.6 Å². The number of aliphatic hydroxyl groups excluding tert-OH is 1. The third-order valence-electron chi connectivity index (χ3n) is 1.69. The summed E-state index contributed by atoms with van der Waals surface area (Å²) in [6.07, 6.45) is 2.05. The molecule has 1 rings (SSSR count). The monoisotopic (exact) mass is 279 g/mol. The fraction of sp³-hybridized carbons (Fsp3) is 0.500. The van der Waals surface area contributed by atoms with Gasteiger partial charge in [-0.15, -0.1) is 0 Å². The number of nitrogens with zero attached hydrogens (tertiary/aromatic N) is 2. The molecular formula is C8H11BrClN3O. The summed E-state index contributed by atoms with van der Waals surface area (Å²) in [5, 5.41) is 12.2. The molecule has 2 N–H and O–H groups in total. The minimum absolute atomic E-state index is 0.141. The largest absolute Gasteiger partial charge is 0.396 e. The summed E-state index contributed by atoms with van der Waals surface area (Å²) in [4.78, 5) is 7.84. The molecule has 1 aromatic heterocycles. The van der Waals surface area contributed by atoms with Crippen molar-refractivity contribution in [2.75, 3.05) is 11.9 Å². The SMILES string of the molecule is CC(CCO)Nc1ncnc(Cl)c1Br. The van der Waals surface area contributed by atoms with Crippen LogP contribution in [-0.4, -0.2) is 27.7 Å². The lowest BCUT2D eigenvalue weighted by Crippen LogP contribution is -2.17. The van der Waals surface area contributed by atoms with Crippen molar-refractivity contribution in [3.63, 3.8) is 0 Å². The molecule has 4 nitrogen and oxygen atoms in total. The van der Waals surface area contributed by atoms with Gasteiger partial charge in [0.1, 0.15) is 17.3 Å². The summed E-state index contributed by atoms with van der Waals surface area (Å²) in [7, 11) is 0. The highest BCUT2D eigenvalue weighted by atomic mass is 79.9. The molecule has 1 heterocycles. The van der Waals surface area contributed by atoms with Crippen molar-refractivity contribution in [3.05, 3.63) is 16.0 Å². The lowest BCUT2D eigenvalue weighted by Gasteiger charge is -2.13. The van der Waals surface area contributed by atoms with E-state index in [1.807, 2.05) is 6.92 Å². The van der Waals surface area contributed by atoms with Gasteiger partial charge < -0.3 is 10.4 Å². The van der Waals surface area contributed by atoms with Crippen molar-refractivity contribution < 1.29 is 5.11 Å². The number of aliphatic hydroxyl groups is 1. The van der Waals surface area contributed by atoms with Crippen LogP contribution in [0.5, 0.6) is 0 Å². The number of hydrogen-bond donors (Lipinski definition) is 2. The first-order valence-electron chi connectivity index (χ1n) is 4.18. The van der Waals surface area contributed by atoms with Crippen molar-refractivity contribution in [2.45, 2.75) is 19.4 Å². The average molecular weight is 281 g/mol. The van der Waals surface area contributed by atoms with Crippen LogP contribution in [0.2, 0.25) is 5.15 Å². The molecule has 0 fully saturated rings. The molecule has 14 heavy (non-hydrogen) atoms. The molecule has 0 bridgehead atoms. The van der Waals surface area contributed by atoms with Crippen LogP contribution in [0.25, 0.3) is 0 Å². The van der Waals surface area contributed by atoms with Crippen LogP contribution in [0.1, 0.15) is 13.3 Å². The van der Waals surface area contributed by atoms with Crippen molar-refractivity contribution in [3.8, 4) is 0 Å². The first-order chi connectivity index (χ1) is 6.65. The highest BCUT2D eigenvalue weighted by Crippen LogP contribution is 2.26. The normalized spacial score (nSPS) is 12.6. The van der Waals surface area contributed by atoms with Crippen LogP contribution in [0.3, 0.4) is 0 Å². The maximum atomic E-state index is 8.73. The molecular weight excluding hydrogens is 269 g/mol. The van der Waals surface area contributed by atoms with E-state index in [1.165, 1.54) is 6.33 Å². The highest BCUT2D eigenvalue weighted by molar-refractivity contribution is 9.10. The van der Waals surface area contributed by atoms with Crippen LogP contribution in [0.4, 0.5) is 5.82 Å². The van der Waals surface area contributed by atoms with Gasteiger partial charge in [0, 0.05) is 12.6 Å². The summed E-state index contributed by atoms with van der Waals surface area (Å²) in [5.74, 6) is 0.644. The molecule has 0 amide bonds. The van der Waals surface area contributed by atoms with Crippen molar-refractivity contribution in [1.82, 2.24) is 9.97 Å². The maximum absolute atomic E-state index is 8.73. The zero-order valence-corrected chi connectivity index (χ0v) is 10.0. The summed E-state index contributed by atoms with van der Waals surface area (Å²) in [6, 6.07) is 0.141. The molecule has 0 saturated carbocycles. The third kappa shape index (κ3) is 3.08. The minimum atomic E-state index is 0.141. The van der Waals surface area contributed by atoms with Crippen LogP contribution < -0.4 is 5.32 Å². The van der Waals surface area contributed by atoms with E-state index < -0.39 is 0 Å². The topological polar surface area (TPSA) is 58.0 Å². The van der Waals surface area contributed by atoms with Gasteiger partial charge >= 0.3 is 0 Å². The van der Waals surface area contributed by atoms with E-state index in [2.05, 4.69) is 31.2 Å². The Hall–Kier alpha value is -0.390. The number of halogens is 2. The van der Waals surface area contributed by atoms with Gasteiger partial charge in [0.05, 0.1) is 4.47 Å². The van der Waals surface area contributed by atoms with E-state index in [1.54, 1.807) is 0 Å². The molecule has 0 aliphatic carbocycles. The minimum Gasteiger partial charge on any atom is -0.396 e. The molecule has 0 aliphatic rings. The van der Waals surface area contributed by atoms with Crippen LogP contribution in [-0.2, 0) is 0 Å². The Morgan fingerprint density at radius 3 is 3.00 bits per heavy atom. The predicted molar refractivity (Wildman–Crippen MR) is 59.5 cm³/mol. The third-order valence-corrected chi connectivity index (χ3v) is 2.96. The smallest absolute Gasteiger partial charge is 0.148 e. The Balaban J connectivity index is 2.71. The molecule has 0 aromatic carbocycles. The molecule has 1 aromatic rings. The summed E-state index contributed by atoms with van der Waals surface area (Å²) in [5.41, 5.74) is 0. The zero-order chi connectivity index (χ0) is 10.6. The number of nitrogens with one attached hydrogen (secondary N) is 1. The molecule has 6 heteroatoms. The van der Waals surface area contributed by atoms with Gasteiger partial charge in [-0.25, -0.2) is 9.97 Å². The Morgan fingerprint density at radius 2 is 2.36 bits per heavy atom. The molecule has 0 aliphatic heterocycles. The number of rotatable bonds is 4. The molecule has 0 spiro atoms. The van der Waals surface area contributed by atoms with E-state index in [0.29, 0.717) is 21.9 Å². The molecule has 1 unspecified atom stereocenters. The molecule has 78 valence electrons. The van der Waals surface area contributed by atoms with E-state index in [0.717, 1.165) is 0 Å². The van der Waals surface area contributed by atoms with Crippen LogP contribution in [0.15, 0.2) is 10.8 Å². The highest BCUT2D eigenvalue weighted by Gasteiger charge is 2.08. The molecule has 0 radical (unpaired) electrons. The predicted octanol–water partition coefficient (Wildman–Crippen LogP) is 2.08. The average Bonchev–Trinajstić information content (AvgIpc) is 2.13. The second kappa shape index (κ2) is 5.48. The van der Waals surface area contributed by atoms with Crippen molar-refractivity contribution >= 4 is 33.3 Å².